The molecule has 0 aromatic heterocycles. The number of phenols is 1. The van der Waals surface area contributed by atoms with Gasteiger partial charge in [-0.3, -0.25) is 24.0 Å². The average Bonchev–Trinajstić information content (AvgIpc) is 2.79. The molecule has 12 nitrogen and oxygen atoms in total. The minimum Gasteiger partial charge on any atom is -0.508 e. The number of aromatic hydroxyl groups is 1. The molecule has 188 valence electrons. The van der Waals surface area contributed by atoms with Crippen LogP contribution < -0.4 is 27.4 Å². The molecule has 0 aliphatic rings. The monoisotopic (exact) mass is 497 g/mol. The largest absolute Gasteiger partial charge is 0.508 e. The van der Waals surface area contributed by atoms with Crippen LogP contribution in [0.4, 0.5) is 0 Å². The van der Waals surface area contributed by atoms with Crippen LogP contribution in [0.15, 0.2) is 24.3 Å². The molecule has 1 aromatic rings. The number of nitrogens with one attached hydrogen (secondary N) is 3. The maximum Gasteiger partial charge on any atom is 0.322 e. The van der Waals surface area contributed by atoms with Gasteiger partial charge in [-0.2, -0.15) is 11.8 Å². The van der Waals surface area contributed by atoms with Crippen LogP contribution in [-0.4, -0.2) is 76.5 Å². The van der Waals surface area contributed by atoms with E-state index in [0.29, 0.717) is 11.3 Å². The molecule has 0 radical (unpaired) electrons. The summed E-state index contributed by atoms with van der Waals surface area (Å²) in [5.74, 6) is -3.35. The maximum atomic E-state index is 13.0. The Morgan fingerprint density at radius 3 is 2.15 bits per heavy atom. The fourth-order valence-corrected chi connectivity index (χ4v) is 3.32. The Morgan fingerprint density at radius 2 is 1.59 bits per heavy atom. The minimum absolute atomic E-state index is 0.0127. The number of carbonyl (C=O) groups excluding carboxylic acids is 4. The second kappa shape index (κ2) is 14.8. The summed E-state index contributed by atoms with van der Waals surface area (Å²) >= 11 is 1.45. The molecular formula is C21H31N5O7S. The fourth-order valence-electron chi connectivity index (χ4n) is 2.85. The van der Waals surface area contributed by atoms with E-state index < -0.39 is 54.3 Å². The van der Waals surface area contributed by atoms with E-state index in [2.05, 4.69) is 16.0 Å². The zero-order valence-electron chi connectivity index (χ0n) is 18.8. The number of benzene rings is 1. The topological polar surface area (TPSA) is 214 Å². The van der Waals surface area contributed by atoms with Crippen LogP contribution in [-0.2, 0) is 30.4 Å². The van der Waals surface area contributed by atoms with Crippen LogP contribution in [0, 0.1) is 0 Å². The van der Waals surface area contributed by atoms with Gasteiger partial charge in [-0.1, -0.05) is 12.1 Å². The van der Waals surface area contributed by atoms with Gasteiger partial charge in [0, 0.05) is 12.8 Å². The predicted octanol–water partition coefficient (Wildman–Crippen LogP) is -1.55. The molecule has 0 heterocycles. The molecule has 0 bridgehead atoms. The summed E-state index contributed by atoms with van der Waals surface area (Å²) in [6.45, 7) is -0.637. The molecule has 1 rings (SSSR count). The smallest absolute Gasteiger partial charge is 0.322 e. The molecule has 13 heteroatoms. The van der Waals surface area contributed by atoms with Gasteiger partial charge in [0.05, 0.1) is 6.04 Å². The standard InChI is InChI=1S/C21H31N5O7S/c1-34-9-8-15(25-19(31)14(22)6-7-17(23)28)21(33)26-16(20(32)24-11-18(29)30)10-12-2-4-13(27)5-3-12/h2-5,14-16,27H,6-11,22H2,1H3,(H2,23,28)(H,24,32)(H,25,31)(H,26,33)(H,29,30). The Bertz CT molecular complexity index is 866. The number of hydrogen-bond donors (Lipinski definition) is 7. The molecule has 0 fully saturated rings. The van der Waals surface area contributed by atoms with Crippen LogP contribution in [0.3, 0.4) is 0 Å². The van der Waals surface area contributed by atoms with E-state index in [4.69, 9.17) is 16.6 Å². The number of rotatable bonds is 15. The molecule has 9 N–H and O–H groups in total. The minimum atomic E-state index is -1.25. The zero-order valence-corrected chi connectivity index (χ0v) is 19.6. The summed E-state index contributed by atoms with van der Waals surface area (Å²) in [7, 11) is 0. The summed E-state index contributed by atoms with van der Waals surface area (Å²) in [5.41, 5.74) is 11.5. The highest BCUT2D eigenvalue weighted by Crippen LogP contribution is 2.12. The van der Waals surface area contributed by atoms with E-state index in [1.807, 2.05) is 6.26 Å². The number of primary amides is 1. The molecule has 0 saturated carbocycles. The van der Waals surface area contributed by atoms with Crippen molar-refractivity contribution in [2.45, 2.75) is 43.8 Å². The Labute approximate surface area is 201 Å². The van der Waals surface area contributed by atoms with Gasteiger partial charge < -0.3 is 37.6 Å². The zero-order chi connectivity index (χ0) is 25.7. The lowest BCUT2D eigenvalue weighted by Gasteiger charge is -2.24. The van der Waals surface area contributed by atoms with E-state index in [1.54, 1.807) is 12.1 Å². The molecular weight excluding hydrogens is 466 g/mol. The van der Waals surface area contributed by atoms with Crippen molar-refractivity contribution in [1.29, 1.82) is 0 Å². The molecule has 0 aliphatic carbocycles. The number of hydrogen-bond acceptors (Lipinski definition) is 8. The Hall–Kier alpha value is -3.32. The summed E-state index contributed by atoms with van der Waals surface area (Å²) < 4.78 is 0. The quantitative estimate of drug-likeness (QED) is 0.149. The molecule has 1 aromatic carbocycles. The van der Waals surface area contributed by atoms with E-state index in [0.717, 1.165) is 0 Å². The van der Waals surface area contributed by atoms with Crippen LogP contribution in [0.5, 0.6) is 5.75 Å². The number of phenolic OH excluding ortho intramolecular Hbond substituents is 1. The highest BCUT2D eigenvalue weighted by Gasteiger charge is 2.28. The molecule has 0 aliphatic heterocycles. The van der Waals surface area contributed by atoms with Crippen molar-refractivity contribution >= 4 is 41.4 Å². The van der Waals surface area contributed by atoms with Crippen molar-refractivity contribution < 1.29 is 34.2 Å². The first-order chi connectivity index (χ1) is 16.0. The van der Waals surface area contributed by atoms with Crippen LogP contribution >= 0.6 is 11.8 Å². The number of amides is 4. The van der Waals surface area contributed by atoms with E-state index >= 15 is 0 Å². The van der Waals surface area contributed by atoms with Gasteiger partial charge in [-0.25, -0.2) is 0 Å². The SMILES string of the molecule is CSCCC(NC(=O)C(N)CCC(N)=O)C(=O)NC(Cc1ccc(O)cc1)C(=O)NCC(=O)O. The molecule has 0 saturated heterocycles. The molecule has 3 atom stereocenters. The van der Waals surface area contributed by atoms with Crippen LogP contribution in [0.25, 0.3) is 0 Å². The van der Waals surface area contributed by atoms with Gasteiger partial charge in [0.1, 0.15) is 24.4 Å². The Morgan fingerprint density at radius 1 is 0.971 bits per heavy atom. The lowest BCUT2D eigenvalue weighted by molar-refractivity contribution is -0.138. The van der Waals surface area contributed by atoms with Gasteiger partial charge in [0.15, 0.2) is 0 Å². The number of aliphatic carboxylic acids is 1. The lowest BCUT2D eigenvalue weighted by Crippen LogP contribution is -2.56. The molecule has 3 unspecified atom stereocenters. The van der Waals surface area contributed by atoms with Gasteiger partial charge in [-0.15, -0.1) is 0 Å². The van der Waals surface area contributed by atoms with Gasteiger partial charge in [0.2, 0.25) is 23.6 Å². The number of carboxylic acid groups (broad SMARTS) is 1. The summed E-state index contributed by atoms with van der Waals surface area (Å²) in [4.78, 5) is 59.7. The van der Waals surface area contributed by atoms with Crippen molar-refractivity contribution in [2.75, 3.05) is 18.6 Å². The summed E-state index contributed by atoms with van der Waals surface area (Å²) in [5, 5.41) is 25.6. The molecule has 0 spiro atoms. The number of thioether (sulfide) groups is 1. The fraction of sp³-hybridized carbons (Fsp3) is 0.476. The van der Waals surface area contributed by atoms with E-state index in [1.165, 1.54) is 23.9 Å². The van der Waals surface area contributed by atoms with Gasteiger partial charge in [0.25, 0.3) is 0 Å². The van der Waals surface area contributed by atoms with Crippen molar-refractivity contribution in [1.82, 2.24) is 16.0 Å². The first-order valence-corrected chi connectivity index (χ1v) is 11.8. The summed E-state index contributed by atoms with van der Waals surface area (Å²) in [6.07, 6.45) is 2.00. The second-order valence-electron chi connectivity index (χ2n) is 7.50. The third-order valence-corrected chi connectivity index (χ3v) is 5.35. The highest BCUT2D eigenvalue weighted by molar-refractivity contribution is 7.98. The van der Waals surface area contributed by atoms with Gasteiger partial charge in [-0.05, 0) is 42.5 Å². The van der Waals surface area contributed by atoms with Crippen molar-refractivity contribution in [3.8, 4) is 5.75 Å². The Balaban J connectivity index is 2.97. The van der Waals surface area contributed by atoms with E-state index in [-0.39, 0.29) is 31.4 Å². The predicted molar refractivity (Wildman–Crippen MR) is 126 cm³/mol. The molecule has 4 amide bonds. The third kappa shape index (κ3) is 11.0. The summed E-state index contributed by atoms with van der Waals surface area (Å²) in [6, 6.07) is 2.73. The molecule has 34 heavy (non-hydrogen) atoms. The number of nitrogens with two attached hydrogens (primary N) is 2. The van der Waals surface area contributed by atoms with Crippen LogP contribution in [0.2, 0.25) is 0 Å². The van der Waals surface area contributed by atoms with Crippen LogP contribution in [0.1, 0.15) is 24.8 Å². The second-order valence-corrected chi connectivity index (χ2v) is 8.48. The first-order valence-electron chi connectivity index (χ1n) is 10.4. The number of carbonyl (C=O) groups is 5. The van der Waals surface area contributed by atoms with Crippen molar-refractivity contribution in [2.24, 2.45) is 11.5 Å². The third-order valence-electron chi connectivity index (χ3n) is 4.71. The normalized spacial score (nSPS) is 13.2. The Kier molecular flexibility index (Phi) is 12.5. The van der Waals surface area contributed by atoms with Crippen molar-refractivity contribution in [3.63, 3.8) is 0 Å². The lowest BCUT2D eigenvalue weighted by atomic mass is 10.0. The number of carboxylic acids is 1. The van der Waals surface area contributed by atoms with Crippen molar-refractivity contribution in [3.05, 3.63) is 29.8 Å². The van der Waals surface area contributed by atoms with Gasteiger partial charge >= 0.3 is 5.97 Å². The highest BCUT2D eigenvalue weighted by atomic mass is 32.2. The average molecular weight is 498 g/mol. The van der Waals surface area contributed by atoms with E-state index in [9.17, 15) is 29.1 Å². The first kappa shape index (κ1) is 28.7. The maximum absolute atomic E-state index is 13.0.